The van der Waals surface area contributed by atoms with Crippen molar-refractivity contribution in [3.05, 3.63) is 29.3 Å². The van der Waals surface area contributed by atoms with E-state index >= 15 is 0 Å². The van der Waals surface area contributed by atoms with Crippen molar-refractivity contribution in [1.82, 2.24) is 0 Å². The molecule has 1 saturated carbocycles. The molecule has 0 radical (unpaired) electrons. The van der Waals surface area contributed by atoms with Crippen molar-refractivity contribution in [2.75, 3.05) is 11.9 Å². The Hall–Kier alpha value is -0.980. The quantitative estimate of drug-likeness (QED) is 0.688. The van der Waals surface area contributed by atoms with Gasteiger partial charge in [-0.05, 0) is 42.7 Å². The maximum absolute atomic E-state index is 3.55. The highest BCUT2D eigenvalue weighted by Gasteiger charge is 2.27. The van der Waals surface area contributed by atoms with Crippen LogP contribution in [0.15, 0.2) is 18.2 Å². The van der Waals surface area contributed by atoms with Crippen LogP contribution in [0.1, 0.15) is 36.3 Å². The Kier molecular flexibility index (Phi) is 1.58. The van der Waals surface area contributed by atoms with Crippen molar-refractivity contribution >= 4 is 5.69 Å². The van der Waals surface area contributed by atoms with Gasteiger partial charge >= 0.3 is 0 Å². The highest BCUT2D eigenvalue weighted by molar-refractivity contribution is 5.61. The van der Waals surface area contributed by atoms with Crippen molar-refractivity contribution in [1.29, 1.82) is 0 Å². The van der Waals surface area contributed by atoms with Crippen molar-refractivity contribution in [2.24, 2.45) is 0 Å². The molecule has 0 atom stereocenters. The van der Waals surface area contributed by atoms with Crippen molar-refractivity contribution in [3.8, 4) is 0 Å². The topological polar surface area (TPSA) is 12.0 Å². The standard InChI is InChI=1S/C12H15N/c1-3-10-4-2-8-13-12(10)11(5-1)9-6-7-9/h1,3,5,9,13H,2,4,6-8H2. The monoisotopic (exact) mass is 173 g/mol. The number of rotatable bonds is 1. The summed E-state index contributed by atoms with van der Waals surface area (Å²) in [6.07, 6.45) is 5.36. The molecule has 1 N–H and O–H groups in total. The van der Waals surface area contributed by atoms with E-state index in [1.54, 1.807) is 5.56 Å². The molecule has 1 aliphatic heterocycles. The second kappa shape index (κ2) is 2.76. The van der Waals surface area contributed by atoms with Crippen LogP contribution in [0, 0.1) is 0 Å². The van der Waals surface area contributed by atoms with E-state index in [-0.39, 0.29) is 0 Å². The first-order valence-corrected chi connectivity index (χ1v) is 5.31. The van der Waals surface area contributed by atoms with Crippen LogP contribution in [0.25, 0.3) is 0 Å². The van der Waals surface area contributed by atoms with E-state index in [0.717, 1.165) is 12.5 Å². The summed E-state index contributed by atoms with van der Waals surface area (Å²) in [5, 5.41) is 3.55. The molecule has 0 amide bonds. The molecule has 0 bridgehead atoms. The van der Waals surface area contributed by atoms with Gasteiger partial charge in [0.15, 0.2) is 0 Å². The Labute approximate surface area is 79.2 Å². The fraction of sp³-hybridized carbons (Fsp3) is 0.500. The first kappa shape index (κ1) is 7.43. The Morgan fingerprint density at radius 3 is 3.00 bits per heavy atom. The zero-order valence-corrected chi connectivity index (χ0v) is 7.84. The second-order valence-corrected chi connectivity index (χ2v) is 4.19. The number of hydrogen-bond donors (Lipinski definition) is 1. The lowest BCUT2D eigenvalue weighted by atomic mass is 9.97. The highest BCUT2D eigenvalue weighted by atomic mass is 14.9. The Morgan fingerprint density at radius 1 is 1.23 bits per heavy atom. The van der Waals surface area contributed by atoms with Crippen LogP contribution in [-0.4, -0.2) is 6.54 Å². The van der Waals surface area contributed by atoms with Crippen LogP contribution < -0.4 is 5.32 Å². The van der Waals surface area contributed by atoms with Crippen LogP contribution in [0.5, 0.6) is 0 Å². The van der Waals surface area contributed by atoms with E-state index in [1.807, 2.05) is 0 Å². The molecule has 0 spiro atoms. The summed E-state index contributed by atoms with van der Waals surface area (Å²) in [7, 11) is 0. The van der Waals surface area contributed by atoms with Gasteiger partial charge in [-0.15, -0.1) is 0 Å². The van der Waals surface area contributed by atoms with Crippen molar-refractivity contribution in [2.45, 2.75) is 31.6 Å². The van der Waals surface area contributed by atoms with Crippen LogP contribution in [0.3, 0.4) is 0 Å². The molecule has 0 unspecified atom stereocenters. The number of fused-ring (bicyclic) bond motifs is 1. The predicted octanol–water partition coefficient (Wildman–Crippen LogP) is 2.92. The van der Waals surface area contributed by atoms with E-state index in [1.165, 1.54) is 36.9 Å². The first-order valence-electron chi connectivity index (χ1n) is 5.31. The number of hydrogen-bond acceptors (Lipinski definition) is 1. The van der Waals surface area contributed by atoms with Crippen molar-refractivity contribution in [3.63, 3.8) is 0 Å². The molecule has 0 aromatic heterocycles. The summed E-state index contributed by atoms with van der Waals surface area (Å²) in [6, 6.07) is 6.79. The van der Waals surface area contributed by atoms with Gasteiger partial charge in [0.2, 0.25) is 0 Å². The van der Waals surface area contributed by atoms with Gasteiger partial charge < -0.3 is 5.32 Å². The lowest BCUT2D eigenvalue weighted by molar-refractivity contribution is 0.824. The molecule has 1 aromatic carbocycles. The minimum absolute atomic E-state index is 0.876. The number of benzene rings is 1. The Bertz CT molecular complexity index is 326. The first-order chi connectivity index (χ1) is 6.45. The SMILES string of the molecule is c1cc2c(c(C3CC3)c1)NCCC2. The summed E-state index contributed by atoms with van der Waals surface area (Å²) in [4.78, 5) is 0. The maximum atomic E-state index is 3.55. The minimum atomic E-state index is 0.876. The molecule has 1 aromatic rings. The molecule has 1 nitrogen and oxygen atoms in total. The van der Waals surface area contributed by atoms with Gasteiger partial charge in [0, 0.05) is 12.2 Å². The fourth-order valence-electron chi connectivity index (χ4n) is 2.27. The third kappa shape index (κ3) is 1.23. The van der Waals surface area contributed by atoms with E-state index < -0.39 is 0 Å². The zero-order chi connectivity index (χ0) is 8.67. The molecule has 1 aliphatic carbocycles. The summed E-state index contributed by atoms with van der Waals surface area (Å²) < 4.78 is 0. The largest absolute Gasteiger partial charge is 0.385 e. The fourth-order valence-corrected chi connectivity index (χ4v) is 2.27. The molecule has 1 heterocycles. The number of nitrogens with one attached hydrogen (secondary N) is 1. The summed E-state index contributed by atoms with van der Waals surface area (Å²) in [5.41, 5.74) is 4.59. The average Bonchev–Trinajstić information content (AvgIpc) is 3.00. The Balaban J connectivity index is 2.07. The van der Waals surface area contributed by atoms with Gasteiger partial charge in [0.1, 0.15) is 0 Å². The van der Waals surface area contributed by atoms with E-state index in [9.17, 15) is 0 Å². The molecule has 1 heteroatoms. The summed E-state index contributed by atoms with van der Waals surface area (Å²) in [6.45, 7) is 1.16. The molecular formula is C12H15N. The van der Waals surface area contributed by atoms with Gasteiger partial charge in [-0.2, -0.15) is 0 Å². The molecule has 0 saturated heterocycles. The molecule has 68 valence electrons. The van der Waals surface area contributed by atoms with Gasteiger partial charge in [-0.1, -0.05) is 18.2 Å². The Morgan fingerprint density at radius 2 is 2.15 bits per heavy atom. The maximum Gasteiger partial charge on any atom is 0.0408 e. The van der Waals surface area contributed by atoms with Gasteiger partial charge in [0.25, 0.3) is 0 Å². The molecule has 3 rings (SSSR count). The smallest absolute Gasteiger partial charge is 0.0408 e. The average molecular weight is 173 g/mol. The normalized spacial score (nSPS) is 20.6. The molecule has 1 fully saturated rings. The van der Waals surface area contributed by atoms with Gasteiger partial charge in [-0.3, -0.25) is 0 Å². The molecular weight excluding hydrogens is 158 g/mol. The zero-order valence-electron chi connectivity index (χ0n) is 7.84. The van der Waals surface area contributed by atoms with Crippen LogP contribution in [0.4, 0.5) is 5.69 Å². The third-order valence-corrected chi connectivity index (χ3v) is 3.12. The van der Waals surface area contributed by atoms with Crippen LogP contribution in [-0.2, 0) is 6.42 Å². The summed E-state index contributed by atoms with van der Waals surface area (Å²) >= 11 is 0. The van der Waals surface area contributed by atoms with E-state index in [4.69, 9.17) is 0 Å². The number of para-hydroxylation sites is 1. The predicted molar refractivity (Wildman–Crippen MR) is 55.2 cm³/mol. The minimum Gasteiger partial charge on any atom is -0.385 e. The lowest BCUT2D eigenvalue weighted by Crippen LogP contribution is -2.13. The van der Waals surface area contributed by atoms with Gasteiger partial charge in [-0.25, -0.2) is 0 Å². The summed E-state index contributed by atoms with van der Waals surface area (Å²) in [5.74, 6) is 0.876. The highest BCUT2D eigenvalue weighted by Crippen LogP contribution is 2.45. The van der Waals surface area contributed by atoms with Crippen LogP contribution in [0.2, 0.25) is 0 Å². The molecule has 13 heavy (non-hydrogen) atoms. The van der Waals surface area contributed by atoms with E-state index in [2.05, 4.69) is 23.5 Å². The number of aryl methyl sites for hydroxylation is 1. The van der Waals surface area contributed by atoms with Crippen molar-refractivity contribution < 1.29 is 0 Å². The van der Waals surface area contributed by atoms with E-state index in [0.29, 0.717) is 0 Å². The van der Waals surface area contributed by atoms with Crippen LogP contribution >= 0.6 is 0 Å². The number of anilines is 1. The van der Waals surface area contributed by atoms with Gasteiger partial charge in [0.05, 0.1) is 0 Å². The lowest BCUT2D eigenvalue weighted by Gasteiger charge is -2.21. The third-order valence-electron chi connectivity index (χ3n) is 3.12. The second-order valence-electron chi connectivity index (χ2n) is 4.19. The molecule has 2 aliphatic rings.